The molecular weight excluding hydrogens is 316 g/mol. The zero-order chi connectivity index (χ0) is 13.1. The number of rotatable bonds is 4. The summed E-state index contributed by atoms with van der Waals surface area (Å²) < 4.78 is 7.33. The van der Waals surface area contributed by atoms with Crippen LogP contribution in [-0.2, 0) is 13.0 Å². The van der Waals surface area contributed by atoms with Gasteiger partial charge in [-0.3, -0.25) is 0 Å². The number of aromatic amines is 1. The van der Waals surface area contributed by atoms with Crippen LogP contribution in [0.4, 0.5) is 0 Å². The lowest BCUT2D eigenvalue weighted by atomic mass is 10.1. The van der Waals surface area contributed by atoms with Crippen LogP contribution < -0.4 is 26.3 Å². The van der Waals surface area contributed by atoms with Gasteiger partial charge in [0.15, 0.2) is 18.9 Å². The summed E-state index contributed by atoms with van der Waals surface area (Å²) in [6, 6.07) is 12.4. The average molecular weight is 333 g/mol. The standard InChI is InChI=1S/C16H17N2O.BrH/c1-19-14-7-10-18(11-8-14)9-6-13-12-17-16-5-3-2-4-15(13)16;/h2-5,7-8,10-12,17H,6,9H2,1H3;1H/q+1;/p-1. The van der Waals surface area contributed by atoms with Crippen LogP contribution >= 0.6 is 0 Å². The van der Waals surface area contributed by atoms with Gasteiger partial charge in [0.1, 0.15) is 5.75 Å². The summed E-state index contributed by atoms with van der Waals surface area (Å²) in [5.41, 5.74) is 2.57. The van der Waals surface area contributed by atoms with E-state index in [0.29, 0.717) is 0 Å². The van der Waals surface area contributed by atoms with Gasteiger partial charge >= 0.3 is 0 Å². The summed E-state index contributed by atoms with van der Waals surface area (Å²) >= 11 is 0. The first kappa shape index (κ1) is 14.6. The Morgan fingerprint density at radius 2 is 1.85 bits per heavy atom. The van der Waals surface area contributed by atoms with Crippen molar-refractivity contribution in [2.24, 2.45) is 0 Å². The number of fused-ring (bicyclic) bond motifs is 1. The maximum Gasteiger partial charge on any atom is 0.172 e. The van der Waals surface area contributed by atoms with Gasteiger partial charge in [-0.25, -0.2) is 4.57 Å². The largest absolute Gasteiger partial charge is 1.00 e. The van der Waals surface area contributed by atoms with Crippen LogP contribution in [0.3, 0.4) is 0 Å². The van der Waals surface area contributed by atoms with Crippen molar-refractivity contribution in [3.05, 3.63) is 60.6 Å². The van der Waals surface area contributed by atoms with Crippen molar-refractivity contribution in [3.8, 4) is 5.75 Å². The molecule has 0 aliphatic heterocycles. The molecule has 2 heterocycles. The summed E-state index contributed by atoms with van der Waals surface area (Å²) in [5, 5.41) is 1.32. The van der Waals surface area contributed by atoms with Gasteiger partial charge in [-0.2, -0.15) is 0 Å². The van der Waals surface area contributed by atoms with Crippen LogP contribution in [0.15, 0.2) is 55.0 Å². The molecule has 1 N–H and O–H groups in total. The van der Waals surface area contributed by atoms with E-state index < -0.39 is 0 Å². The van der Waals surface area contributed by atoms with E-state index in [2.05, 4.69) is 40.0 Å². The zero-order valence-electron chi connectivity index (χ0n) is 11.3. The predicted molar refractivity (Wildman–Crippen MR) is 75.2 cm³/mol. The van der Waals surface area contributed by atoms with Crippen LogP contribution in [0.1, 0.15) is 5.56 Å². The van der Waals surface area contributed by atoms with Gasteiger partial charge in [-0.05, 0) is 11.6 Å². The third kappa shape index (κ3) is 3.02. The number of ether oxygens (including phenoxy) is 1. The number of halogens is 1. The molecule has 104 valence electrons. The van der Waals surface area contributed by atoms with Gasteiger partial charge in [0, 0.05) is 35.7 Å². The molecule has 0 aliphatic rings. The molecule has 20 heavy (non-hydrogen) atoms. The second kappa shape index (κ2) is 6.57. The van der Waals surface area contributed by atoms with Gasteiger partial charge in [-0.1, -0.05) is 18.2 Å². The Morgan fingerprint density at radius 3 is 2.60 bits per heavy atom. The second-order valence-electron chi connectivity index (χ2n) is 4.59. The lowest BCUT2D eigenvalue weighted by Crippen LogP contribution is -3.00. The van der Waals surface area contributed by atoms with E-state index in [1.807, 2.05) is 24.5 Å². The summed E-state index contributed by atoms with van der Waals surface area (Å²) in [4.78, 5) is 3.31. The molecular formula is C16H17BrN2O. The minimum Gasteiger partial charge on any atom is -1.00 e. The van der Waals surface area contributed by atoms with Crippen LogP contribution in [0, 0.1) is 0 Å². The number of para-hydroxylation sites is 1. The molecule has 0 atom stereocenters. The highest BCUT2D eigenvalue weighted by Crippen LogP contribution is 2.17. The van der Waals surface area contributed by atoms with Gasteiger partial charge < -0.3 is 26.7 Å². The minimum absolute atomic E-state index is 0. The molecule has 0 amide bonds. The summed E-state index contributed by atoms with van der Waals surface area (Å²) in [5.74, 6) is 0.892. The van der Waals surface area contributed by atoms with Crippen molar-refractivity contribution in [1.29, 1.82) is 0 Å². The Morgan fingerprint density at radius 1 is 1.10 bits per heavy atom. The van der Waals surface area contributed by atoms with Gasteiger partial charge in [0.2, 0.25) is 0 Å². The molecule has 0 radical (unpaired) electrons. The Kier molecular flexibility index (Phi) is 4.79. The number of benzene rings is 1. The number of hydrogen-bond acceptors (Lipinski definition) is 1. The highest BCUT2D eigenvalue weighted by atomic mass is 79.9. The summed E-state index contributed by atoms with van der Waals surface area (Å²) in [6.07, 6.45) is 7.22. The van der Waals surface area contributed by atoms with Crippen molar-refractivity contribution in [2.75, 3.05) is 7.11 Å². The maximum absolute atomic E-state index is 5.16. The maximum atomic E-state index is 5.16. The van der Waals surface area contributed by atoms with Crippen molar-refractivity contribution in [1.82, 2.24) is 4.98 Å². The SMILES string of the molecule is COc1cc[n+](CCc2c[nH]c3ccccc23)cc1.[Br-]. The molecule has 3 nitrogen and oxygen atoms in total. The molecule has 3 aromatic rings. The second-order valence-corrected chi connectivity index (χ2v) is 4.59. The highest BCUT2D eigenvalue weighted by Gasteiger charge is 2.06. The van der Waals surface area contributed by atoms with Crippen molar-refractivity contribution in [3.63, 3.8) is 0 Å². The third-order valence-electron chi connectivity index (χ3n) is 3.41. The number of pyridine rings is 1. The molecule has 0 saturated carbocycles. The molecule has 0 unspecified atom stereocenters. The number of hydrogen-bond donors (Lipinski definition) is 1. The predicted octanol–water partition coefficient (Wildman–Crippen LogP) is -0.289. The Labute approximate surface area is 129 Å². The smallest absolute Gasteiger partial charge is 0.172 e. The minimum atomic E-state index is 0. The van der Waals surface area contributed by atoms with Gasteiger partial charge in [0.25, 0.3) is 0 Å². The van der Waals surface area contributed by atoms with E-state index in [9.17, 15) is 0 Å². The lowest BCUT2D eigenvalue weighted by molar-refractivity contribution is -0.696. The first-order chi connectivity index (χ1) is 9.36. The molecule has 0 spiro atoms. The van der Waals surface area contributed by atoms with E-state index in [1.165, 1.54) is 16.5 Å². The topological polar surface area (TPSA) is 28.9 Å². The van der Waals surface area contributed by atoms with Crippen molar-refractivity contribution in [2.45, 2.75) is 13.0 Å². The van der Waals surface area contributed by atoms with Crippen LogP contribution in [0.5, 0.6) is 5.75 Å². The summed E-state index contributed by atoms with van der Waals surface area (Å²) in [6.45, 7) is 0.964. The number of nitrogens with one attached hydrogen (secondary N) is 1. The highest BCUT2D eigenvalue weighted by molar-refractivity contribution is 5.82. The third-order valence-corrected chi connectivity index (χ3v) is 3.41. The molecule has 0 bridgehead atoms. The van der Waals surface area contributed by atoms with E-state index >= 15 is 0 Å². The van der Waals surface area contributed by atoms with Crippen LogP contribution in [-0.4, -0.2) is 12.1 Å². The lowest BCUT2D eigenvalue weighted by Gasteiger charge is -1.99. The number of aromatic nitrogens is 2. The molecule has 1 aromatic carbocycles. The molecule has 4 heteroatoms. The normalized spacial score (nSPS) is 10.2. The van der Waals surface area contributed by atoms with E-state index in [4.69, 9.17) is 4.74 Å². The first-order valence-corrected chi connectivity index (χ1v) is 6.45. The first-order valence-electron chi connectivity index (χ1n) is 6.45. The number of methoxy groups -OCH3 is 1. The Balaban J connectivity index is 0.00000147. The van der Waals surface area contributed by atoms with E-state index in [0.717, 1.165) is 18.7 Å². The molecule has 0 aliphatic carbocycles. The quantitative estimate of drug-likeness (QED) is 0.654. The number of H-pyrrole nitrogens is 1. The van der Waals surface area contributed by atoms with Crippen LogP contribution in [0.2, 0.25) is 0 Å². The number of nitrogens with zero attached hydrogens (tertiary/aromatic N) is 1. The summed E-state index contributed by atoms with van der Waals surface area (Å²) in [7, 11) is 1.69. The fourth-order valence-electron chi connectivity index (χ4n) is 2.32. The van der Waals surface area contributed by atoms with E-state index in [-0.39, 0.29) is 17.0 Å². The monoisotopic (exact) mass is 332 g/mol. The fraction of sp³-hybridized carbons (Fsp3) is 0.188. The van der Waals surface area contributed by atoms with Crippen LogP contribution in [0.25, 0.3) is 10.9 Å². The number of aryl methyl sites for hydroxylation is 2. The van der Waals surface area contributed by atoms with Gasteiger partial charge in [-0.15, -0.1) is 0 Å². The molecule has 0 fully saturated rings. The average Bonchev–Trinajstić information content (AvgIpc) is 2.89. The Hall–Kier alpha value is -1.81. The Bertz CT molecular complexity index is 676. The zero-order valence-corrected chi connectivity index (χ0v) is 12.9. The van der Waals surface area contributed by atoms with Crippen molar-refractivity contribution < 1.29 is 26.3 Å². The van der Waals surface area contributed by atoms with Crippen molar-refractivity contribution >= 4 is 10.9 Å². The molecule has 0 saturated heterocycles. The molecule has 2 aromatic heterocycles. The fourth-order valence-corrected chi connectivity index (χ4v) is 2.32. The molecule has 3 rings (SSSR count). The van der Waals surface area contributed by atoms with E-state index in [1.54, 1.807) is 7.11 Å². The van der Waals surface area contributed by atoms with Gasteiger partial charge in [0.05, 0.1) is 7.11 Å².